The second-order valence-electron chi connectivity index (χ2n) is 4.99. The fourth-order valence-corrected chi connectivity index (χ4v) is 2.60. The standard InChI is InChI=1S/C12H21NO3/c1-8-11(6-7-16-8)12(15)13-9-2-4-10(14)5-3-9/h8-11,14H,2-7H2,1H3,(H,13,15). The summed E-state index contributed by atoms with van der Waals surface area (Å²) >= 11 is 0. The molecule has 1 amide bonds. The summed E-state index contributed by atoms with van der Waals surface area (Å²) in [6.07, 6.45) is 4.13. The Bertz CT molecular complexity index is 249. The van der Waals surface area contributed by atoms with Gasteiger partial charge < -0.3 is 15.2 Å². The van der Waals surface area contributed by atoms with Crippen LogP contribution >= 0.6 is 0 Å². The smallest absolute Gasteiger partial charge is 0.226 e. The maximum absolute atomic E-state index is 12.0. The predicted molar refractivity (Wildman–Crippen MR) is 59.9 cm³/mol. The summed E-state index contributed by atoms with van der Waals surface area (Å²) in [4.78, 5) is 12.0. The number of nitrogens with one attached hydrogen (secondary N) is 1. The third kappa shape index (κ3) is 2.74. The summed E-state index contributed by atoms with van der Waals surface area (Å²) in [6, 6.07) is 0.253. The molecule has 0 radical (unpaired) electrons. The van der Waals surface area contributed by atoms with E-state index in [0.717, 1.165) is 32.1 Å². The SMILES string of the molecule is CC1OCCC1C(=O)NC1CCC(O)CC1. The van der Waals surface area contributed by atoms with E-state index in [1.165, 1.54) is 0 Å². The maximum Gasteiger partial charge on any atom is 0.226 e. The Morgan fingerprint density at radius 2 is 1.94 bits per heavy atom. The molecule has 92 valence electrons. The molecule has 0 aromatic carbocycles. The molecule has 1 aliphatic carbocycles. The first-order valence-corrected chi connectivity index (χ1v) is 6.27. The van der Waals surface area contributed by atoms with Gasteiger partial charge in [-0.05, 0) is 39.0 Å². The summed E-state index contributed by atoms with van der Waals surface area (Å²) in [7, 11) is 0. The molecule has 4 heteroatoms. The molecular formula is C12H21NO3. The lowest BCUT2D eigenvalue weighted by Gasteiger charge is -2.27. The van der Waals surface area contributed by atoms with E-state index >= 15 is 0 Å². The van der Waals surface area contributed by atoms with Gasteiger partial charge in [-0.15, -0.1) is 0 Å². The zero-order valence-electron chi connectivity index (χ0n) is 9.82. The molecule has 0 bridgehead atoms. The monoisotopic (exact) mass is 227 g/mol. The van der Waals surface area contributed by atoms with E-state index in [1.54, 1.807) is 0 Å². The molecule has 2 fully saturated rings. The topological polar surface area (TPSA) is 58.6 Å². The molecule has 2 rings (SSSR count). The molecule has 1 aliphatic heterocycles. The predicted octanol–water partition coefficient (Wildman–Crippen LogP) is 0.831. The highest BCUT2D eigenvalue weighted by Crippen LogP contribution is 2.23. The Hall–Kier alpha value is -0.610. The Morgan fingerprint density at radius 3 is 2.50 bits per heavy atom. The number of carbonyl (C=O) groups excluding carboxylic acids is 1. The third-order valence-electron chi connectivity index (χ3n) is 3.76. The first-order valence-electron chi connectivity index (χ1n) is 6.27. The van der Waals surface area contributed by atoms with Gasteiger partial charge in [0.25, 0.3) is 0 Å². The first kappa shape index (κ1) is 11.9. The molecule has 0 aromatic rings. The van der Waals surface area contributed by atoms with Gasteiger partial charge in [-0.25, -0.2) is 0 Å². The zero-order valence-corrected chi connectivity index (χ0v) is 9.82. The van der Waals surface area contributed by atoms with E-state index < -0.39 is 0 Å². The molecule has 1 saturated carbocycles. The first-order chi connectivity index (χ1) is 7.66. The van der Waals surface area contributed by atoms with Crippen LogP contribution in [-0.2, 0) is 9.53 Å². The van der Waals surface area contributed by atoms with Crippen molar-refractivity contribution in [1.29, 1.82) is 0 Å². The normalized spacial score (nSPS) is 39.6. The molecule has 2 N–H and O–H groups in total. The van der Waals surface area contributed by atoms with Gasteiger partial charge in [0.2, 0.25) is 5.91 Å². The summed E-state index contributed by atoms with van der Waals surface area (Å²) in [5.74, 6) is 0.151. The number of aliphatic hydroxyl groups is 1. The minimum Gasteiger partial charge on any atom is -0.393 e. The Kier molecular flexibility index (Phi) is 3.82. The lowest BCUT2D eigenvalue weighted by Crippen LogP contribution is -2.43. The van der Waals surface area contributed by atoms with Crippen molar-refractivity contribution in [3.8, 4) is 0 Å². The molecule has 2 unspecified atom stereocenters. The number of ether oxygens (including phenoxy) is 1. The average molecular weight is 227 g/mol. The quantitative estimate of drug-likeness (QED) is 0.734. The van der Waals surface area contributed by atoms with E-state index in [1.807, 2.05) is 6.92 Å². The molecule has 4 nitrogen and oxygen atoms in total. The Labute approximate surface area is 96.4 Å². The Morgan fingerprint density at radius 1 is 1.25 bits per heavy atom. The van der Waals surface area contributed by atoms with Gasteiger partial charge in [-0.2, -0.15) is 0 Å². The summed E-state index contributed by atoms with van der Waals surface area (Å²) in [5, 5.41) is 12.5. The van der Waals surface area contributed by atoms with Crippen molar-refractivity contribution in [1.82, 2.24) is 5.32 Å². The molecule has 2 atom stereocenters. The number of carbonyl (C=O) groups is 1. The van der Waals surface area contributed by atoms with E-state index in [9.17, 15) is 9.90 Å². The van der Waals surface area contributed by atoms with Crippen LogP contribution in [0.5, 0.6) is 0 Å². The number of hydrogen-bond acceptors (Lipinski definition) is 3. The van der Waals surface area contributed by atoms with Crippen molar-refractivity contribution < 1.29 is 14.6 Å². The molecule has 1 saturated heterocycles. The van der Waals surface area contributed by atoms with Crippen LogP contribution in [0.4, 0.5) is 0 Å². The van der Waals surface area contributed by atoms with E-state index in [0.29, 0.717) is 6.61 Å². The van der Waals surface area contributed by atoms with Crippen molar-refractivity contribution in [3.63, 3.8) is 0 Å². The fraction of sp³-hybridized carbons (Fsp3) is 0.917. The fourth-order valence-electron chi connectivity index (χ4n) is 2.60. The third-order valence-corrected chi connectivity index (χ3v) is 3.76. The van der Waals surface area contributed by atoms with Gasteiger partial charge in [-0.3, -0.25) is 4.79 Å². The zero-order chi connectivity index (χ0) is 11.5. The van der Waals surface area contributed by atoms with Crippen LogP contribution in [0, 0.1) is 5.92 Å². The molecular weight excluding hydrogens is 206 g/mol. The van der Waals surface area contributed by atoms with Crippen molar-refractivity contribution in [2.45, 2.75) is 57.3 Å². The minimum atomic E-state index is -0.165. The highest BCUT2D eigenvalue weighted by Gasteiger charge is 2.32. The summed E-state index contributed by atoms with van der Waals surface area (Å²) < 4.78 is 5.39. The minimum absolute atomic E-state index is 0.0202. The van der Waals surface area contributed by atoms with Crippen molar-refractivity contribution in [3.05, 3.63) is 0 Å². The van der Waals surface area contributed by atoms with Crippen LogP contribution < -0.4 is 5.32 Å². The molecule has 2 aliphatic rings. The van der Waals surface area contributed by atoms with Crippen LogP contribution in [0.1, 0.15) is 39.0 Å². The number of hydrogen-bond donors (Lipinski definition) is 2. The van der Waals surface area contributed by atoms with E-state index in [4.69, 9.17) is 4.74 Å². The molecule has 0 spiro atoms. The van der Waals surface area contributed by atoms with Gasteiger partial charge in [0.05, 0.1) is 18.1 Å². The largest absolute Gasteiger partial charge is 0.393 e. The average Bonchev–Trinajstić information content (AvgIpc) is 2.68. The van der Waals surface area contributed by atoms with Gasteiger partial charge in [-0.1, -0.05) is 0 Å². The van der Waals surface area contributed by atoms with Crippen molar-refractivity contribution >= 4 is 5.91 Å². The maximum atomic E-state index is 12.0. The van der Waals surface area contributed by atoms with Crippen LogP contribution in [-0.4, -0.2) is 35.9 Å². The van der Waals surface area contributed by atoms with Crippen LogP contribution in [0.25, 0.3) is 0 Å². The van der Waals surface area contributed by atoms with Crippen molar-refractivity contribution in [2.24, 2.45) is 5.92 Å². The second-order valence-corrected chi connectivity index (χ2v) is 4.99. The van der Waals surface area contributed by atoms with Crippen LogP contribution in [0.2, 0.25) is 0 Å². The van der Waals surface area contributed by atoms with E-state index in [2.05, 4.69) is 5.32 Å². The van der Waals surface area contributed by atoms with Gasteiger partial charge >= 0.3 is 0 Å². The molecule has 0 aromatic heterocycles. The van der Waals surface area contributed by atoms with Gasteiger partial charge in [0.1, 0.15) is 0 Å². The lowest BCUT2D eigenvalue weighted by atomic mass is 9.92. The lowest BCUT2D eigenvalue weighted by molar-refractivity contribution is -0.127. The summed E-state index contributed by atoms with van der Waals surface area (Å²) in [5.41, 5.74) is 0. The van der Waals surface area contributed by atoms with Crippen molar-refractivity contribution in [2.75, 3.05) is 6.61 Å². The van der Waals surface area contributed by atoms with Gasteiger partial charge in [0.15, 0.2) is 0 Å². The van der Waals surface area contributed by atoms with Crippen LogP contribution in [0.3, 0.4) is 0 Å². The van der Waals surface area contributed by atoms with Gasteiger partial charge in [0, 0.05) is 12.6 Å². The van der Waals surface area contributed by atoms with E-state index in [-0.39, 0.29) is 30.1 Å². The highest BCUT2D eigenvalue weighted by atomic mass is 16.5. The number of amides is 1. The Balaban J connectivity index is 1.78. The van der Waals surface area contributed by atoms with Crippen LogP contribution in [0.15, 0.2) is 0 Å². The molecule has 1 heterocycles. The highest BCUT2D eigenvalue weighted by molar-refractivity contribution is 5.79. The number of rotatable bonds is 2. The molecule has 16 heavy (non-hydrogen) atoms. The number of aliphatic hydroxyl groups excluding tert-OH is 1. The second kappa shape index (κ2) is 5.15. The summed E-state index contributed by atoms with van der Waals surface area (Å²) in [6.45, 7) is 2.66.